The molecule has 8 heteroatoms. The molecule has 142 valence electrons. The second-order valence-corrected chi connectivity index (χ2v) is 8.81. The number of nitrogens with one attached hydrogen (secondary N) is 1. The first-order valence-electron chi connectivity index (χ1n) is 8.38. The Kier molecular flexibility index (Phi) is 9.03. The molecule has 5 nitrogen and oxygen atoms in total. The van der Waals surface area contributed by atoms with Gasteiger partial charge in [-0.2, -0.15) is 0 Å². The Morgan fingerprint density at radius 3 is 2.44 bits per heavy atom. The van der Waals surface area contributed by atoms with Crippen LogP contribution in [0.1, 0.15) is 39.5 Å². The van der Waals surface area contributed by atoms with Crippen LogP contribution in [0, 0.1) is 5.92 Å². The number of carbonyl (C=O) groups excluding carboxylic acids is 1. The highest BCUT2D eigenvalue weighted by Crippen LogP contribution is 2.28. The highest BCUT2D eigenvalue weighted by Gasteiger charge is 2.22. The van der Waals surface area contributed by atoms with E-state index in [1.54, 1.807) is 0 Å². The Morgan fingerprint density at radius 2 is 1.92 bits per heavy atom. The maximum atomic E-state index is 12.2. The summed E-state index contributed by atoms with van der Waals surface area (Å²) in [6.45, 7) is 4.48. The van der Waals surface area contributed by atoms with Crippen LogP contribution in [0.2, 0.25) is 10.0 Å². The minimum atomic E-state index is -3.63. The van der Waals surface area contributed by atoms with E-state index in [4.69, 9.17) is 23.2 Å². The second-order valence-electron chi connectivity index (χ2n) is 6.09. The number of unbranched alkanes of at least 4 members (excludes halogenated alkanes) is 1. The molecule has 25 heavy (non-hydrogen) atoms. The van der Waals surface area contributed by atoms with E-state index < -0.39 is 10.0 Å². The van der Waals surface area contributed by atoms with Crippen molar-refractivity contribution in [3.05, 3.63) is 28.2 Å². The topological polar surface area (TPSA) is 66.5 Å². The van der Waals surface area contributed by atoms with Crippen molar-refractivity contribution < 1.29 is 13.2 Å². The van der Waals surface area contributed by atoms with Crippen molar-refractivity contribution in [1.82, 2.24) is 5.32 Å². The van der Waals surface area contributed by atoms with Crippen molar-refractivity contribution in [3.63, 3.8) is 0 Å². The number of hydrogen-bond donors (Lipinski definition) is 1. The SMILES string of the molecule is CCCC[C@H](CC)CNC(=O)CN(c1ccc(Cl)c(Cl)c1)S(C)(=O)=O. The highest BCUT2D eigenvalue weighted by atomic mass is 35.5. The quantitative estimate of drug-likeness (QED) is 0.633. The average Bonchev–Trinajstić information content (AvgIpc) is 2.54. The molecule has 0 aliphatic heterocycles. The molecule has 0 unspecified atom stereocenters. The van der Waals surface area contributed by atoms with Crippen LogP contribution in [0.3, 0.4) is 0 Å². The molecule has 0 saturated carbocycles. The number of sulfonamides is 1. The monoisotopic (exact) mass is 408 g/mol. The molecule has 0 aliphatic carbocycles. The number of rotatable bonds is 10. The van der Waals surface area contributed by atoms with Crippen molar-refractivity contribution in [2.45, 2.75) is 39.5 Å². The number of amides is 1. The Labute approximate surface area is 160 Å². The predicted octanol–water partition coefficient (Wildman–Crippen LogP) is 4.09. The smallest absolute Gasteiger partial charge is 0.240 e. The van der Waals surface area contributed by atoms with Crippen molar-refractivity contribution in [2.24, 2.45) is 5.92 Å². The Hall–Kier alpha value is -0.980. The summed E-state index contributed by atoms with van der Waals surface area (Å²) in [4.78, 5) is 12.2. The molecular formula is C17H26Cl2N2O3S. The maximum absolute atomic E-state index is 12.2. The maximum Gasteiger partial charge on any atom is 0.240 e. The van der Waals surface area contributed by atoms with E-state index in [2.05, 4.69) is 19.2 Å². The van der Waals surface area contributed by atoms with E-state index in [0.717, 1.165) is 36.2 Å². The van der Waals surface area contributed by atoms with Gasteiger partial charge in [-0.05, 0) is 30.5 Å². The van der Waals surface area contributed by atoms with Crippen molar-refractivity contribution >= 4 is 44.8 Å². The van der Waals surface area contributed by atoms with Gasteiger partial charge in [0, 0.05) is 6.54 Å². The predicted molar refractivity (Wildman–Crippen MR) is 105 cm³/mol. The molecule has 1 rings (SSSR count). The summed E-state index contributed by atoms with van der Waals surface area (Å²) in [6.07, 6.45) is 5.31. The Morgan fingerprint density at radius 1 is 1.24 bits per heavy atom. The highest BCUT2D eigenvalue weighted by molar-refractivity contribution is 7.92. The molecule has 1 aromatic carbocycles. The van der Waals surface area contributed by atoms with Gasteiger partial charge in [0.25, 0.3) is 0 Å². The van der Waals surface area contributed by atoms with Crippen LogP contribution in [0.5, 0.6) is 0 Å². The first kappa shape index (κ1) is 22.1. The van der Waals surface area contributed by atoms with Crippen molar-refractivity contribution in [2.75, 3.05) is 23.7 Å². The van der Waals surface area contributed by atoms with E-state index in [-0.39, 0.29) is 17.5 Å². The zero-order chi connectivity index (χ0) is 19.0. The lowest BCUT2D eigenvalue weighted by atomic mass is 9.99. The van der Waals surface area contributed by atoms with Crippen LogP contribution < -0.4 is 9.62 Å². The first-order valence-corrected chi connectivity index (χ1v) is 11.0. The number of benzene rings is 1. The van der Waals surface area contributed by atoms with Gasteiger partial charge in [0.2, 0.25) is 15.9 Å². The number of halogens is 2. The first-order chi connectivity index (χ1) is 11.7. The summed E-state index contributed by atoms with van der Waals surface area (Å²) in [5, 5.41) is 3.40. The molecule has 0 fully saturated rings. The van der Waals surface area contributed by atoms with Gasteiger partial charge in [-0.15, -0.1) is 0 Å². The van der Waals surface area contributed by atoms with Gasteiger partial charge in [-0.3, -0.25) is 9.10 Å². The number of anilines is 1. The Bertz CT molecular complexity index is 680. The lowest BCUT2D eigenvalue weighted by Crippen LogP contribution is -2.41. The number of nitrogens with zero attached hydrogens (tertiary/aromatic N) is 1. The molecule has 1 atom stereocenters. The summed E-state index contributed by atoms with van der Waals surface area (Å²) in [5.74, 6) is 0.0620. The van der Waals surface area contributed by atoms with Gasteiger partial charge in [0.1, 0.15) is 6.54 Å². The van der Waals surface area contributed by atoms with Crippen LogP contribution in [0.25, 0.3) is 0 Å². The van der Waals surface area contributed by atoms with Gasteiger partial charge in [0.05, 0.1) is 22.0 Å². The second kappa shape index (κ2) is 10.2. The third-order valence-corrected chi connectivity index (χ3v) is 5.89. The fraction of sp³-hybridized carbons (Fsp3) is 0.588. The van der Waals surface area contributed by atoms with E-state index in [9.17, 15) is 13.2 Å². The van der Waals surface area contributed by atoms with Crippen molar-refractivity contribution in [1.29, 1.82) is 0 Å². The molecule has 0 radical (unpaired) electrons. The summed E-state index contributed by atoms with van der Waals surface area (Å²) in [6, 6.07) is 4.47. The minimum absolute atomic E-state index is 0.235. The largest absolute Gasteiger partial charge is 0.354 e. The normalized spacial score (nSPS) is 12.7. The van der Waals surface area contributed by atoms with Gasteiger partial charge in [0.15, 0.2) is 0 Å². The molecule has 0 aromatic heterocycles. The van der Waals surface area contributed by atoms with Crippen LogP contribution in [0.4, 0.5) is 5.69 Å². The molecule has 0 heterocycles. The summed E-state index contributed by atoms with van der Waals surface area (Å²) in [5.41, 5.74) is 0.310. The lowest BCUT2D eigenvalue weighted by Gasteiger charge is -2.23. The Balaban J connectivity index is 2.79. The molecule has 0 spiro atoms. The van der Waals surface area contributed by atoms with E-state index in [0.29, 0.717) is 23.2 Å². The lowest BCUT2D eigenvalue weighted by molar-refractivity contribution is -0.119. The summed E-state index contributed by atoms with van der Waals surface area (Å²) >= 11 is 11.8. The fourth-order valence-corrected chi connectivity index (χ4v) is 3.57. The van der Waals surface area contributed by atoms with Gasteiger partial charge < -0.3 is 5.32 Å². The summed E-state index contributed by atoms with van der Waals surface area (Å²) < 4.78 is 25.2. The molecule has 0 saturated heterocycles. The number of carbonyl (C=O) groups is 1. The molecule has 1 N–H and O–H groups in total. The number of hydrogen-bond acceptors (Lipinski definition) is 3. The van der Waals surface area contributed by atoms with Crippen LogP contribution in [-0.4, -0.2) is 33.7 Å². The third kappa shape index (κ3) is 7.42. The van der Waals surface area contributed by atoms with E-state index in [1.807, 2.05) is 0 Å². The molecule has 0 aliphatic rings. The molecule has 1 amide bonds. The van der Waals surface area contributed by atoms with Crippen LogP contribution in [0.15, 0.2) is 18.2 Å². The molecule has 0 bridgehead atoms. The third-order valence-electron chi connectivity index (χ3n) is 4.01. The van der Waals surface area contributed by atoms with Gasteiger partial charge in [-0.25, -0.2) is 8.42 Å². The zero-order valence-corrected chi connectivity index (χ0v) is 17.2. The fourth-order valence-electron chi connectivity index (χ4n) is 2.43. The average molecular weight is 409 g/mol. The van der Waals surface area contributed by atoms with Crippen molar-refractivity contribution in [3.8, 4) is 0 Å². The van der Waals surface area contributed by atoms with E-state index in [1.165, 1.54) is 18.2 Å². The van der Waals surface area contributed by atoms with Crippen LogP contribution in [-0.2, 0) is 14.8 Å². The zero-order valence-electron chi connectivity index (χ0n) is 14.9. The minimum Gasteiger partial charge on any atom is -0.354 e. The van der Waals surface area contributed by atoms with E-state index >= 15 is 0 Å². The molecule has 1 aromatic rings. The summed E-state index contributed by atoms with van der Waals surface area (Å²) in [7, 11) is -3.63. The van der Waals surface area contributed by atoms with Crippen LogP contribution >= 0.6 is 23.2 Å². The standard InChI is InChI=1S/C17H26Cl2N2O3S/c1-4-6-7-13(5-2)11-20-17(22)12-21(25(3,23)24)14-8-9-15(18)16(19)10-14/h8-10,13H,4-7,11-12H2,1-3H3,(H,20,22)/t13-/m0/s1. The van der Waals surface area contributed by atoms with Gasteiger partial charge in [-0.1, -0.05) is 56.3 Å². The van der Waals surface area contributed by atoms with Gasteiger partial charge >= 0.3 is 0 Å². The molecular weight excluding hydrogens is 383 g/mol.